The lowest BCUT2D eigenvalue weighted by Gasteiger charge is -2.29. The van der Waals surface area contributed by atoms with Gasteiger partial charge < -0.3 is 11.1 Å². The number of carbonyl (C=O) groups excluding carboxylic acids is 1. The SMILES string of the molecule is Cc1cc(C(=O)NC(C)(CN)C2CC2)ccc1-n1cncn1. The Kier molecular flexibility index (Phi) is 3.70. The molecule has 1 aromatic carbocycles. The second-order valence-corrected chi connectivity index (χ2v) is 6.19. The van der Waals surface area contributed by atoms with Gasteiger partial charge in [0.15, 0.2) is 0 Å². The number of amides is 1. The number of aromatic nitrogens is 3. The van der Waals surface area contributed by atoms with Crippen LogP contribution >= 0.6 is 0 Å². The van der Waals surface area contributed by atoms with E-state index in [1.165, 1.54) is 6.33 Å². The zero-order chi connectivity index (χ0) is 15.7. The van der Waals surface area contributed by atoms with E-state index in [1.807, 2.05) is 32.0 Å². The fourth-order valence-corrected chi connectivity index (χ4v) is 2.76. The van der Waals surface area contributed by atoms with Gasteiger partial charge in [-0.15, -0.1) is 0 Å². The van der Waals surface area contributed by atoms with Crippen molar-refractivity contribution < 1.29 is 4.79 Å². The quantitative estimate of drug-likeness (QED) is 0.874. The van der Waals surface area contributed by atoms with Gasteiger partial charge in [-0.2, -0.15) is 5.10 Å². The third kappa shape index (κ3) is 2.74. The Morgan fingerprint density at radius 3 is 2.82 bits per heavy atom. The molecule has 1 atom stereocenters. The smallest absolute Gasteiger partial charge is 0.251 e. The Balaban J connectivity index is 1.80. The van der Waals surface area contributed by atoms with Crippen LogP contribution in [0, 0.1) is 12.8 Å². The summed E-state index contributed by atoms with van der Waals surface area (Å²) in [6.45, 7) is 4.44. The molecular formula is C16H21N5O. The topological polar surface area (TPSA) is 85.8 Å². The van der Waals surface area contributed by atoms with E-state index in [-0.39, 0.29) is 11.4 Å². The number of hydrogen-bond donors (Lipinski definition) is 2. The first kappa shape index (κ1) is 14.7. The van der Waals surface area contributed by atoms with Crippen molar-refractivity contribution in [1.82, 2.24) is 20.1 Å². The fourth-order valence-electron chi connectivity index (χ4n) is 2.76. The number of nitrogens with zero attached hydrogens (tertiary/aromatic N) is 3. The summed E-state index contributed by atoms with van der Waals surface area (Å²) in [6, 6.07) is 5.56. The molecule has 6 heteroatoms. The summed E-state index contributed by atoms with van der Waals surface area (Å²) in [6.07, 6.45) is 5.40. The van der Waals surface area contributed by atoms with Gasteiger partial charge in [-0.05, 0) is 56.4 Å². The van der Waals surface area contributed by atoms with E-state index in [0.29, 0.717) is 18.0 Å². The van der Waals surface area contributed by atoms with Gasteiger partial charge in [0.25, 0.3) is 5.91 Å². The maximum atomic E-state index is 12.5. The van der Waals surface area contributed by atoms with E-state index >= 15 is 0 Å². The third-order valence-corrected chi connectivity index (χ3v) is 4.43. The molecule has 2 aromatic rings. The second-order valence-electron chi connectivity index (χ2n) is 6.19. The molecule has 1 fully saturated rings. The lowest BCUT2D eigenvalue weighted by molar-refractivity contribution is 0.0897. The Labute approximate surface area is 129 Å². The minimum Gasteiger partial charge on any atom is -0.345 e. The highest BCUT2D eigenvalue weighted by Gasteiger charge is 2.41. The Hall–Kier alpha value is -2.21. The zero-order valence-electron chi connectivity index (χ0n) is 12.9. The summed E-state index contributed by atoms with van der Waals surface area (Å²) in [7, 11) is 0. The number of rotatable bonds is 5. The van der Waals surface area contributed by atoms with Gasteiger partial charge >= 0.3 is 0 Å². The molecule has 3 rings (SSSR count). The van der Waals surface area contributed by atoms with Crippen LogP contribution in [-0.2, 0) is 0 Å². The highest BCUT2D eigenvalue weighted by atomic mass is 16.1. The van der Waals surface area contributed by atoms with Crippen LogP contribution in [0.2, 0.25) is 0 Å². The molecule has 22 heavy (non-hydrogen) atoms. The molecule has 0 aliphatic heterocycles. The third-order valence-electron chi connectivity index (χ3n) is 4.43. The predicted molar refractivity (Wildman–Crippen MR) is 83.7 cm³/mol. The van der Waals surface area contributed by atoms with Gasteiger partial charge in [0.2, 0.25) is 0 Å². The van der Waals surface area contributed by atoms with Crippen LogP contribution in [0.4, 0.5) is 0 Å². The minimum atomic E-state index is -0.310. The molecular weight excluding hydrogens is 278 g/mol. The molecule has 0 saturated heterocycles. The van der Waals surface area contributed by atoms with Crippen molar-refractivity contribution in [1.29, 1.82) is 0 Å². The fraction of sp³-hybridized carbons (Fsp3) is 0.438. The summed E-state index contributed by atoms with van der Waals surface area (Å²) in [5.41, 5.74) is 8.08. The number of aryl methyl sites for hydroxylation is 1. The first-order chi connectivity index (χ1) is 10.5. The summed E-state index contributed by atoms with van der Waals surface area (Å²) < 4.78 is 1.69. The average Bonchev–Trinajstić information content (AvgIpc) is 3.24. The van der Waals surface area contributed by atoms with Gasteiger partial charge in [0.05, 0.1) is 11.2 Å². The average molecular weight is 299 g/mol. The van der Waals surface area contributed by atoms with Crippen molar-refractivity contribution in [2.45, 2.75) is 32.2 Å². The highest BCUT2D eigenvalue weighted by Crippen LogP contribution is 2.39. The summed E-state index contributed by atoms with van der Waals surface area (Å²) in [5, 5.41) is 7.22. The van der Waals surface area contributed by atoms with Crippen molar-refractivity contribution in [2.75, 3.05) is 6.54 Å². The lowest BCUT2D eigenvalue weighted by Crippen LogP contribution is -2.53. The monoisotopic (exact) mass is 299 g/mol. The van der Waals surface area contributed by atoms with Crippen molar-refractivity contribution in [3.8, 4) is 5.69 Å². The van der Waals surface area contributed by atoms with Gasteiger partial charge in [-0.3, -0.25) is 4.79 Å². The van der Waals surface area contributed by atoms with E-state index in [2.05, 4.69) is 15.4 Å². The molecule has 1 aromatic heterocycles. The normalized spacial score (nSPS) is 17.0. The number of nitrogens with two attached hydrogens (primary N) is 1. The van der Waals surface area contributed by atoms with E-state index < -0.39 is 0 Å². The van der Waals surface area contributed by atoms with Crippen LogP contribution in [0.15, 0.2) is 30.9 Å². The van der Waals surface area contributed by atoms with Crippen molar-refractivity contribution in [2.24, 2.45) is 11.7 Å². The summed E-state index contributed by atoms with van der Waals surface area (Å²) >= 11 is 0. The molecule has 0 radical (unpaired) electrons. The molecule has 1 aliphatic rings. The molecule has 1 heterocycles. The summed E-state index contributed by atoms with van der Waals surface area (Å²) in [5.74, 6) is 0.421. The van der Waals surface area contributed by atoms with Gasteiger partial charge in [-0.25, -0.2) is 9.67 Å². The van der Waals surface area contributed by atoms with E-state index in [0.717, 1.165) is 24.1 Å². The number of nitrogens with one attached hydrogen (secondary N) is 1. The van der Waals surface area contributed by atoms with Gasteiger partial charge in [-0.1, -0.05) is 0 Å². The standard InChI is InChI=1S/C16H21N5O/c1-11-7-12(3-6-14(11)21-10-18-9-19-21)15(22)20-16(2,8-17)13-4-5-13/h3,6-7,9-10,13H,4-5,8,17H2,1-2H3,(H,20,22). The van der Waals surface area contributed by atoms with Gasteiger partial charge in [0, 0.05) is 12.1 Å². The van der Waals surface area contributed by atoms with E-state index in [1.54, 1.807) is 11.0 Å². The van der Waals surface area contributed by atoms with Crippen molar-refractivity contribution in [3.63, 3.8) is 0 Å². The Bertz CT molecular complexity index is 678. The Morgan fingerprint density at radius 1 is 1.50 bits per heavy atom. The van der Waals surface area contributed by atoms with Crippen LogP contribution in [0.25, 0.3) is 5.69 Å². The van der Waals surface area contributed by atoms with E-state index in [4.69, 9.17) is 5.73 Å². The predicted octanol–water partition coefficient (Wildman–Crippen LogP) is 1.43. The van der Waals surface area contributed by atoms with Crippen LogP contribution in [0.1, 0.15) is 35.7 Å². The number of carbonyl (C=O) groups is 1. The second kappa shape index (κ2) is 5.53. The molecule has 1 saturated carbocycles. The summed E-state index contributed by atoms with van der Waals surface area (Å²) in [4.78, 5) is 16.4. The highest BCUT2D eigenvalue weighted by molar-refractivity contribution is 5.95. The number of benzene rings is 1. The van der Waals surface area contributed by atoms with Crippen LogP contribution in [0.3, 0.4) is 0 Å². The van der Waals surface area contributed by atoms with Crippen LogP contribution in [0.5, 0.6) is 0 Å². The number of hydrogen-bond acceptors (Lipinski definition) is 4. The first-order valence-electron chi connectivity index (χ1n) is 7.52. The van der Waals surface area contributed by atoms with Crippen molar-refractivity contribution >= 4 is 5.91 Å². The maximum absolute atomic E-state index is 12.5. The molecule has 1 unspecified atom stereocenters. The molecule has 0 spiro atoms. The van der Waals surface area contributed by atoms with Crippen LogP contribution < -0.4 is 11.1 Å². The first-order valence-corrected chi connectivity index (χ1v) is 7.52. The molecule has 116 valence electrons. The largest absolute Gasteiger partial charge is 0.345 e. The zero-order valence-corrected chi connectivity index (χ0v) is 12.9. The van der Waals surface area contributed by atoms with Gasteiger partial charge in [0.1, 0.15) is 12.7 Å². The van der Waals surface area contributed by atoms with Crippen LogP contribution in [-0.4, -0.2) is 32.8 Å². The molecule has 1 amide bonds. The lowest BCUT2D eigenvalue weighted by atomic mass is 9.95. The minimum absolute atomic E-state index is 0.0758. The Morgan fingerprint density at radius 2 is 2.27 bits per heavy atom. The molecule has 0 bridgehead atoms. The molecule has 3 N–H and O–H groups in total. The molecule has 1 aliphatic carbocycles. The maximum Gasteiger partial charge on any atom is 0.251 e. The van der Waals surface area contributed by atoms with E-state index in [9.17, 15) is 4.79 Å². The molecule has 6 nitrogen and oxygen atoms in total. The van der Waals surface area contributed by atoms with Crippen molar-refractivity contribution in [3.05, 3.63) is 42.0 Å².